The Bertz CT molecular complexity index is 945. The van der Waals surface area contributed by atoms with Crippen LogP contribution in [0.15, 0.2) is 0 Å². The predicted octanol–water partition coefficient (Wildman–Crippen LogP) is 2.53. The molecule has 3 rings (SSSR count). The fourth-order valence-corrected chi connectivity index (χ4v) is 8.89. The zero-order valence-corrected chi connectivity index (χ0v) is 24.7. The van der Waals surface area contributed by atoms with Crippen molar-refractivity contribution in [3.63, 3.8) is 0 Å². The van der Waals surface area contributed by atoms with Gasteiger partial charge in [0.05, 0.1) is 31.2 Å². The maximum absolute atomic E-state index is 13.4. The maximum Gasteiger partial charge on any atom is 0.407 e. The van der Waals surface area contributed by atoms with Crippen LogP contribution in [-0.2, 0) is 23.1 Å². The summed E-state index contributed by atoms with van der Waals surface area (Å²) in [5.41, 5.74) is 0. The van der Waals surface area contributed by atoms with Crippen molar-refractivity contribution in [3.05, 3.63) is 5.21 Å². The minimum Gasteiger partial charge on any atom is -0.623 e. The van der Waals surface area contributed by atoms with E-state index in [-0.39, 0.29) is 50.3 Å². The van der Waals surface area contributed by atoms with Gasteiger partial charge in [-0.05, 0) is 33.1 Å². The van der Waals surface area contributed by atoms with Crippen molar-refractivity contribution in [2.45, 2.75) is 81.9 Å². The first-order valence-electron chi connectivity index (χ1n) is 13.7. The van der Waals surface area contributed by atoms with Crippen LogP contribution in [0, 0.1) is 11.1 Å². The molecule has 3 aliphatic rings. The summed E-state index contributed by atoms with van der Waals surface area (Å²) in [6, 6.07) is 0.311. The van der Waals surface area contributed by atoms with E-state index in [1.54, 1.807) is 13.8 Å². The monoisotopic (exact) mass is 591 g/mol. The fourth-order valence-electron chi connectivity index (χ4n) is 5.12. The summed E-state index contributed by atoms with van der Waals surface area (Å²) in [7, 11) is -3.80. The standard InChI is InChI=1S/C24H42N5O8PS/c1-4-36-38(34,37-5-2)24(3)17(11-14-29(24)33)15-35-23(32)26-13-8-12-25-20(30)10-7-6-9-19-21-18(16-39-19)27-22(31)28-21/h14,17-19,21H,4-13,15-16H2,1-3H3,(H,25,30)(H,26,32)(H2,27,28,31)/t17?,18?,19?,21?,24-/m0/s1. The SMILES string of the molecule is CCOP(=O)(OCC)[C@@]1(C)C(COC(=O)NCCCNC(=O)CCCCC2SCC3NC(=O)NC32)CC=[N+]1[O-]. The van der Waals surface area contributed by atoms with Crippen molar-refractivity contribution < 1.29 is 37.5 Å². The Hall–Kier alpha value is -2.02. The maximum atomic E-state index is 13.4. The third kappa shape index (κ3) is 7.80. The molecule has 13 nitrogen and oxygen atoms in total. The number of ether oxygens (including phenoxy) is 1. The molecule has 2 saturated heterocycles. The van der Waals surface area contributed by atoms with Crippen molar-refractivity contribution in [1.82, 2.24) is 21.3 Å². The lowest BCUT2D eigenvalue weighted by molar-refractivity contribution is -0.515. The van der Waals surface area contributed by atoms with Crippen LogP contribution >= 0.6 is 19.4 Å². The number of alkyl carbamates (subject to hydrolysis) is 1. The largest absolute Gasteiger partial charge is 0.623 e. The Morgan fingerprint density at radius 2 is 1.90 bits per heavy atom. The summed E-state index contributed by atoms with van der Waals surface area (Å²) in [6.45, 7) is 5.69. The van der Waals surface area contributed by atoms with Crippen LogP contribution in [0.2, 0.25) is 0 Å². The highest BCUT2D eigenvalue weighted by molar-refractivity contribution is 8.00. The van der Waals surface area contributed by atoms with Crippen molar-refractivity contribution in [2.24, 2.45) is 5.92 Å². The van der Waals surface area contributed by atoms with E-state index < -0.39 is 24.9 Å². The van der Waals surface area contributed by atoms with Crippen molar-refractivity contribution in [2.75, 3.05) is 38.7 Å². The molecule has 0 aliphatic carbocycles. The molecule has 15 heteroatoms. The van der Waals surface area contributed by atoms with Crippen LogP contribution in [0.1, 0.15) is 59.3 Å². The van der Waals surface area contributed by atoms with Gasteiger partial charge in [-0.15, -0.1) is 0 Å². The molecule has 0 aromatic rings. The van der Waals surface area contributed by atoms with Crippen LogP contribution in [-0.4, -0.2) is 90.3 Å². The van der Waals surface area contributed by atoms with Gasteiger partial charge in [0, 0.05) is 43.9 Å². The van der Waals surface area contributed by atoms with E-state index >= 15 is 0 Å². The molecule has 222 valence electrons. The molecule has 2 fully saturated rings. The van der Waals surface area contributed by atoms with Crippen LogP contribution in [0.3, 0.4) is 0 Å². The molecular weight excluding hydrogens is 549 g/mol. The normalized spacial score (nSPS) is 27.9. The fraction of sp³-hybridized carbons (Fsp3) is 0.833. The van der Waals surface area contributed by atoms with Crippen LogP contribution in [0.4, 0.5) is 9.59 Å². The molecule has 4 N–H and O–H groups in total. The minimum absolute atomic E-state index is 0.0303. The highest BCUT2D eigenvalue weighted by Gasteiger charge is 2.63. The van der Waals surface area contributed by atoms with E-state index in [0.717, 1.165) is 25.0 Å². The van der Waals surface area contributed by atoms with Crippen molar-refractivity contribution in [1.29, 1.82) is 0 Å². The number of carbonyl (C=O) groups is 3. The summed E-state index contributed by atoms with van der Waals surface area (Å²) in [5.74, 6) is 0.334. The highest BCUT2D eigenvalue weighted by Crippen LogP contribution is 2.64. The summed E-state index contributed by atoms with van der Waals surface area (Å²) < 4.78 is 30.1. The lowest BCUT2D eigenvalue weighted by Gasteiger charge is -2.34. The average molecular weight is 592 g/mol. The van der Waals surface area contributed by atoms with Gasteiger partial charge < -0.3 is 40.3 Å². The molecule has 5 atom stereocenters. The van der Waals surface area contributed by atoms with E-state index in [4.69, 9.17) is 13.8 Å². The van der Waals surface area contributed by atoms with E-state index in [1.807, 2.05) is 11.8 Å². The molecule has 0 saturated carbocycles. The molecule has 4 amide bonds. The average Bonchev–Trinajstić information content (AvgIpc) is 3.54. The summed E-state index contributed by atoms with van der Waals surface area (Å²) in [5, 5.41) is 22.9. The molecule has 0 aromatic heterocycles. The Balaban J connectivity index is 1.26. The molecule has 3 heterocycles. The number of nitrogens with one attached hydrogen (secondary N) is 4. The molecule has 4 unspecified atom stereocenters. The second kappa shape index (κ2) is 14.6. The molecule has 0 aromatic carbocycles. The number of fused-ring (bicyclic) bond motifs is 1. The number of hydrogen-bond donors (Lipinski definition) is 4. The van der Waals surface area contributed by atoms with Crippen molar-refractivity contribution >= 4 is 43.6 Å². The lowest BCUT2D eigenvalue weighted by Crippen LogP contribution is -2.43. The van der Waals surface area contributed by atoms with Gasteiger partial charge in [0.25, 0.3) is 5.28 Å². The Kier molecular flexibility index (Phi) is 11.8. The van der Waals surface area contributed by atoms with E-state index in [2.05, 4.69) is 21.3 Å². The highest BCUT2D eigenvalue weighted by atomic mass is 32.2. The van der Waals surface area contributed by atoms with E-state index in [0.29, 0.717) is 35.9 Å². The smallest absolute Gasteiger partial charge is 0.407 e. The number of carbonyl (C=O) groups excluding carboxylic acids is 3. The van der Waals surface area contributed by atoms with Gasteiger partial charge in [0.2, 0.25) is 5.91 Å². The molecule has 3 aliphatic heterocycles. The van der Waals surface area contributed by atoms with Crippen LogP contribution in [0.25, 0.3) is 0 Å². The lowest BCUT2D eigenvalue weighted by atomic mass is 10.0. The Morgan fingerprint density at radius 3 is 2.62 bits per heavy atom. The first-order chi connectivity index (χ1) is 18.6. The number of unbranched alkanes of at least 4 members (excludes halogenated alkanes) is 1. The second-order valence-electron chi connectivity index (χ2n) is 9.96. The third-order valence-electron chi connectivity index (χ3n) is 7.37. The minimum atomic E-state index is -3.80. The first kappa shape index (κ1) is 31.5. The zero-order valence-electron chi connectivity index (χ0n) is 22.9. The number of hydroxylamine groups is 1. The Morgan fingerprint density at radius 1 is 1.18 bits per heavy atom. The molecule has 39 heavy (non-hydrogen) atoms. The number of thioether (sulfide) groups is 1. The number of hydrogen-bond acceptors (Lipinski definition) is 9. The molecule has 0 radical (unpaired) electrons. The van der Waals surface area contributed by atoms with Crippen LogP contribution < -0.4 is 21.3 Å². The van der Waals surface area contributed by atoms with Gasteiger partial charge in [-0.1, -0.05) is 6.42 Å². The summed E-state index contributed by atoms with van der Waals surface area (Å²) in [6.07, 6.45) is 4.62. The second-order valence-corrected chi connectivity index (χ2v) is 13.7. The number of urea groups is 1. The molecule has 0 bridgehead atoms. The van der Waals surface area contributed by atoms with Gasteiger partial charge in [-0.2, -0.15) is 16.5 Å². The topological polar surface area (TPSA) is 170 Å². The van der Waals surface area contributed by atoms with E-state index in [9.17, 15) is 24.2 Å². The zero-order chi connectivity index (χ0) is 28.5. The number of amides is 4. The molecule has 0 spiro atoms. The van der Waals surface area contributed by atoms with E-state index in [1.165, 1.54) is 13.1 Å². The van der Waals surface area contributed by atoms with Crippen LogP contribution in [0.5, 0.6) is 0 Å². The summed E-state index contributed by atoms with van der Waals surface area (Å²) >= 11 is 1.87. The van der Waals surface area contributed by atoms with Gasteiger partial charge in [0.1, 0.15) is 6.61 Å². The number of rotatable bonds is 16. The summed E-state index contributed by atoms with van der Waals surface area (Å²) in [4.78, 5) is 35.7. The number of nitrogens with zero attached hydrogens (tertiary/aromatic N) is 1. The first-order valence-corrected chi connectivity index (χ1v) is 16.3. The van der Waals surface area contributed by atoms with Crippen molar-refractivity contribution in [3.8, 4) is 0 Å². The Labute approximate surface area is 234 Å². The van der Waals surface area contributed by atoms with Gasteiger partial charge in [-0.3, -0.25) is 9.36 Å². The van der Waals surface area contributed by atoms with Gasteiger partial charge >= 0.3 is 19.7 Å². The quantitative estimate of drug-likeness (QED) is 0.0692. The predicted molar refractivity (Wildman–Crippen MR) is 148 cm³/mol. The van der Waals surface area contributed by atoms with Gasteiger partial charge in [0.15, 0.2) is 6.21 Å². The third-order valence-corrected chi connectivity index (χ3v) is 11.7. The van der Waals surface area contributed by atoms with Gasteiger partial charge in [-0.25, -0.2) is 9.59 Å². The molecular formula is C24H42N5O8PS.